The van der Waals surface area contributed by atoms with E-state index in [9.17, 15) is 19.1 Å². The van der Waals surface area contributed by atoms with Crippen molar-refractivity contribution >= 4 is 17.6 Å². The van der Waals surface area contributed by atoms with Gasteiger partial charge in [0.2, 0.25) is 5.91 Å². The fourth-order valence-corrected chi connectivity index (χ4v) is 3.80. The van der Waals surface area contributed by atoms with Crippen LogP contribution in [0, 0.1) is 29.5 Å². The van der Waals surface area contributed by atoms with Crippen LogP contribution >= 0.6 is 0 Å². The highest BCUT2D eigenvalue weighted by Crippen LogP contribution is 2.52. The first-order valence-electron chi connectivity index (χ1n) is 6.86. The lowest BCUT2D eigenvalue weighted by atomic mass is 9.78. The Bertz CT molecular complexity index is 560. The van der Waals surface area contributed by atoms with Crippen LogP contribution in [-0.2, 0) is 9.59 Å². The number of hydrogen-bond acceptors (Lipinski definition) is 2. The van der Waals surface area contributed by atoms with Gasteiger partial charge >= 0.3 is 5.97 Å². The summed E-state index contributed by atoms with van der Waals surface area (Å²) in [7, 11) is 0. The normalized spacial score (nSPS) is 31.2. The van der Waals surface area contributed by atoms with Gasteiger partial charge in [0.1, 0.15) is 5.82 Å². The van der Waals surface area contributed by atoms with Crippen LogP contribution in [0.3, 0.4) is 0 Å². The molecule has 4 atom stereocenters. The van der Waals surface area contributed by atoms with E-state index >= 15 is 0 Å². The molecule has 5 heteroatoms. The second kappa shape index (κ2) is 4.89. The molecular formula is C15H16FNO3. The summed E-state index contributed by atoms with van der Waals surface area (Å²) in [6, 6.07) is 5.93. The summed E-state index contributed by atoms with van der Waals surface area (Å²) in [4.78, 5) is 23.7. The molecule has 0 spiro atoms. The number of anilines is 1. The Kier molecular flexibility index (Phi) is 3.20. The average Bonchev–Trinajstić information content (AvgIpc) is 3.01. The van der Waals surface area contributed by atoms with Crippen molar-refractivity contribution in [3.05, 3.63) is 30.1 Å². The van der Waals surface area contributed by atoms with Crippen molar-refractivity contribution < 1.29 is 19.1 Å². The zero-order valence-corrected chi connectivity index (χ0v) is 10.9. The largest absolute Gasteiger partial charge is 0.481 e. The maximum absolute atomic E-state index is 13.5. The van der Waals surface area contributed by atoms with E-state index in [4.69, 9.17) is 0 Å². The maximum Gasteiger partial charge on any atom is 0.307 e. The predicted octanol–water partition coefficient (Wildman–Crippen LogP) is 2.51. The number of para-hydroxylation sites is 1. The fourth-order valence-electron chi connectivity index (χ4n) is 3.80. The molecule has 2 saturated carbocycles. The van der Waals surface area contributed by atoms with Crippen molar-refractivity contribution in [1.29, 1.82) is 0 Å². The van der Waals surface area contributed by atoms with Crippen LogP contribution in [0.25, 0.3) is 0 Å². The number of carbonyl (C=O) groups is 2. The lowest BCUT2D eigenvalue weighted by Gasteiger charge is -2.27. The van der Waals surface area contributed by atoms with E-state index in [1.165, 1.54) is 12.1 Å². The molecule has 4 nitrogen and oxygen atoms in total. The van der Waals surface area contributed by atoms with Crippen LogP contribution in [-0.4, -0.2) is 17.0 Å². The fraction of sp³-hybridized carbons (Fsp3) is 0.467. The van der Waals surface area contributed by atoms with Gasteiger partial charge in [0, 0.05) is 0 Å². The quantitative estimate of drug-likeness (QED) is 0.892. The molecule has 4 unspecified atom stereocenters. The Balaban J connectivity index is 1.80. The van der Waals surface area contributed by atoms with Gasteiger partial charge in [-0.05, 0) is 43.2 Å². The molecule has 2 fully saturated rings. The highest BCUT2D eigenvalue weighted by atomic mass is 19.1. The van der Waals surface area contributed by atoms with E-state index < -0.39 is 23.6 Å². The number of halogens is 1. The molecule has 20 heavy (non-hydrogen) atoms. The van der Waals surface area contributed by atoms with Crippen LogP contribution < -0.4 is 5.32 Å². The highest BCUT2D eigenvalue weighted by Gasteiger charge is 2.54. The van der Waals surface area contributed by atoms with Gasteiger partial charge < -0.3 is 10.4 Å². The highest BCUT2D eigenvalue weighted by molar-refractivity contribution is 5.96. The molecular weight excluding hydrogens is 261 g/mol. The van der Waals surface area contributed by atoms with Gasteiger partial charge in [0.25, 0.3) is 0 Å². The van der Waals surface area contributed by atoms with Gasteiger partial charge in [-0.3, -0.25) is 9.59 Å². The second-order valence-electron chi connectivity index (χ2n) is 5.69. The first-order chi connectivity index (χ1) is 9.58. The Morgan fingerprint density at radius 2 is 1.80 bits per heavy atom. The molecule has 2 N–H and O–H groups in total. The number of rotatable bonds is 3. The van der Waals surface area contributed by atoms with Crippen molar-refractivity contribution in [2.45, 2.75) is 19.3 Å². The lowest BCUT2D eigenvalue weighted by molar-refractivity contribution is -0.148. The van der Waals surface area contributed by atoms with E-state index in [0.717, 1.165) is 19.3 Å². The van der Waals surface area contributed by atoms with Gasteiger partial charge in [-0.2, -0.15) is 0 Å². The smallest absolute Gasteiger partial charge is 0.307 e. The minimum Gasteiger partial charge on any atom is -0.481 e. The molecule has 3 rings (SSSR count). The van der Waals surface area contributed by atoms with Crippen molar-refractivity contribution in [1.82, 2.24) is 0 Å². The van der Waals surface area contributed by atoms with Crippen LogP contribution in [0.5, 0.6) is 0 Å². The van der Waals surface area contributed by atoms with E-state index in [0.29, 0.717) is 0 Å². The SMILES string of the molecule is O=C(O)C1C2CCC(C2)C1C(=O)Nc1ccccc1F. The number of nitrogens with one attached hydrogen (secondary N) is 1. The predicted molar refractivity (Wildman–Crippen MR) is 70.5 cm³/mol. The Hall–Kier alpha value is -1.91. The molecule has 2 aliphatic rings. The summed E-state index contributed by atoms with van der Waals surface area (Å²) < 4.78 is 13.5. The standard InChI is InChI=1S/C15H16FNO3/c16-10-3-1-2-4-11(10)17-14(18)12-8-5-6-9(7-8)13(12)15(19)20/h1-4,8-9,12-13H,5-7H2,(H,17,18)(H,19,20). The van der Waals surface area contributed by atoms with Gasteiger partial charge in [-0.25, -0.2) is 4.39 Å². The number of amides is 1. The van der Waals surface area contributed by atoms with Gasteiger partial charge in [-0.1, -0.05) is 12.1 Å². The topological polar surface area (TPSA) is 66.4 Å². The van der Waals surface area contributed by atoms with Crippen molar-refractivity contribution in [3.63, 3.8) is 0 Å². The van der Waals surface area contributed by atoms with Crippen LogP contribution in [0.2, 0.25) is 0 Å². The number of aliphatic carboxylic acids is 1. The molecule has 0 radical (unpaired) electrons. The number of benzene rings is 1. The van der Waals surface area contributed by atoms with E-state index in [-0.39, 0.29) is 23.4 Å². The second-order valence-corrected chi connectivity index (χ2v) is 5.69. The van der Waals surface area contributed by atoms with E-state index in [1.807, 2.05) is 0 Å². The molecule has 2 aliphatic carbocycles. The molecule has 0 aliphatic heterocycles. The first-order valence-corrected chi connectivity index (χ1v) is 6.86. The van der Waals surface area contributed by atoms with Crippen molar-refractivity contribution in [2.75, 3.05) is 5.32 Å². The summed E-state index contributed by atoms with van der Waals surface area (Å²) in [5, 5.41) is 11.9. The summed E-state index contributed by atoms with van der Waals surface area (Å²) in [5.41, 5.74) is 0.115. The molecule has 2 bridgehead atoms. The summed E-state index contributed by atoms with van der Waals surface area (Å²) in [6.45, 7) is 0. The number of fused-ring (bicyclic) bond motifs is 2. The molecule has 1 aromatic rings. The Morgan fingerprint density at radius 3 is 2.45 bits per heavy atom. The minimum atomic E-state index is -0.911. The molecule has 106 valence electrons. The maximum atomic E-state index is 13.5. The van der Waals surface area contributed by atoms with Gasteiger partial charge in [0.05, 0.1) is 17.5 Å². The zero-order valence-electron chi connectivity index (χ0n) is 10.9. The molecule has 0 aromatic heterocycles. The summed E-state index contributed by atoms with van der Waals surface area (Å²) in [5.74, 6) is -2.73. The van der Waals surface area contributed by atoms with Crippen molar-refractivity contribution in [3.8, 4) is 0 Å². The monoisotopic (exact) mass is 277 g/mol. The van der Waals surface area contributed by atoms with E-state index in [1.54, 1.807) is 12.1 Å². The Labute approximate surface area is 116 Å². The first kappa shape index (κ1) is 13.1. The average molecular weight is 277 g/mol. The summed E-state index contributed by atoms with van der Waals surface area (Å²) in [6.07, 6.45) is 2.57. The third kappa shape index (κ3) is 2.07. The lowest BCUT2D eigenvalue weighted by Crippen LogP contribution is -2.38. The van der Waals surface area contributed by atoms with Gasteiger partial charge in [0.15, 0.2) is 0 Å². The van der Waals surface area contributed by atoms with Crippen LogP contribution in [0.1, 0.15) is 19.3 Å². The van der Waals surface area contributed by atoms with Crippen molar-refractivity contribution in [2.24, 2.45) is 23.7 Å². The van der Waals surface area contributed by atoms with E-state index in [2.05, 4.69) is 5.32 Å². The number of carboxylic acids is 1. The number of carboxylic acid groups (broad SMARTS) is 1. The number of carbonyl (C=O) groups excluding carboxylic acids is 1. The molecule has 1 amide bonds. The zero-order chi connectivity index (χ0) is 14.3. The summed E-state index contributed by atoms with van der Waals surface area (Å²) >= 11 is 0. The van der Waals surface area contributed by atoms with Crippen LogP contribution in [0.15, 0.2) is 24.3 Å². The Morgan fingerprint density at radius 1 is 1.15 bits per heavy atom. The van der Waals surface area contributed by atoms with Crippen LogP contribution in [0.4, 0.5) is 10.1 Å². The third-order valence-corrected chi connectivity index (χ3v) is 4.64. The minimum absolute atomic E-state index is 0.0915. The molecule has 0 saturated heterocycles. The number of hydrogen-bond donors (Lipinski definition) is 2. The third-order valence-electron chi connectivity index (χ3n) is 4.64. The molecule has 1 aromatic carbocycles. The molecule has 0 heterocycles. The van der Waals surface area contributed by atoms with Gasteiger partial charge in [-0.15, -0.1) is 0 Å².